The molecule has 2 aromatic heterocycles. The summed E-state index contributed by atoms with van der Waals surface area (Å²) < 4.78 is 12.4. The van der Waals surface area contributed by atoms with Crippen LogP contribution in [0.1, 0.15) is 103 Å². The van der Waals surface area contributed by atoms with Crippen LogP contribution in [0.4, 0.5) is 21.0 Å². The van der Waals surface area contributed by atoms with Gasteiger partial charge < -0.3 is 40.3 Å². The molecule has 1 saturated carbocycles. The van der Waals surface area contributed by atoms with Gasteiger partial charge in [0.2, 0.25) is 11.5 Å². The van der Waals surface area contributed by atoms with E-state index in [4.69, 9.17) is 9.16 Å². The van der Waals surface area contributed by atoms with Gasteiger partial charge in [0.1, 0.15) is 11.4 Å². The highest BCUT2D eigenvalue weighted by atomic mass is 28.4. The van der Waals surface area contributed by atoms with Gasteiger partial charge in [0.05, 0.1) is 34.9 Å². The number of aromatic nitrogens is 2. The second kappa shape index (κ2) is 21.1. The smallest absolute Gasteiger partial charge is 0.412 e. The first-order valence-corrected chi connectivity index (χ1v) is 25.8. The van der Waals surface area contributed by atoms with E-state index in [1.54, 1.807) is 18.3 Å². The van der Waals surface area contributed by atoms with Crippen LogP contribution >= 0.6 is 0 Å². The molecule has 0 bridgehead atoms. The molecule has 6 rings (SSSR count). The van der Waals surface area contributed by atoms with Gasteiger partial charge in [-0.15, -0.1) is 0 Å². The minimum atomic E-state index is -2.25. The molecule has 15 heteroatoms. The lowest BCUT2D eigenvalue weighted by Gasteiger charge is -2.39. The first-order valence-electron chi connectivity index (χ1n) is 22.9. The van der Waals surface area contributed by atoms with Crippen LogP contribution in [0, 0.1) is 0 Å². The number of aromatic amines is 1. The van der Waals surface area contributed by atoms with Crippen LogP contribution in [-0.2, 0) is 26.9 Å². The Morgan fingerprint density at radius 1 is 0.924 bits per heavy atom. The molecule has 1 atom stereocenters. The SMILES string of the molecule is CC(C)(C)OC(=O)N[C@H]1CC[C@H](N(C(=O)O)c2cc(CCCC(=O)Nc3ccc(CNC[C@H](O[Si](C)(C)C(C)(C)C)c4ccc(O)c5[nH]c(=O)ccc45)nc3)ccc2-c2ccccc2)CC1. The van der Waals surface area contributed by atoms with Crippen LogP contribution in [0.2, 0.25) is 18.1 Å². The van der Waals surface area contributed by atoms with Crippen molar-refractivity contribution in [1.29, 1.82) is 0 Å². The monoisotopic (exact) mass is 918 g/mol. The summed E-state index contributed by atoms with van der Waals surface area (Å²) in [5.41, 5.74) is 4.92. The number of ether oxygens (including phenoxy) is 1. The molecular weight excluding hydrogens is 853 g/mol. The van der Waals surface area contributed by atoms with Crippen LogP contribution in [0.15, 0.2) is 95.9 Å². The summed E-state index contributed by atoms with van der Waals surface area (Å²) in [5.74, 6) is -0.155. The van der Waals surface area contributed by atoms with Crippen LogP contribution in [-0.4, -0.2) is 70.8 Å². The minimum Gasteiger partial charge on any atom is -0.506 e. The van der Waals surface area contributed by atoms with Crippen molar-refractivity contribution in [2.24, 2.45) is 0 Å². The molecular formula is C51H66N6O8Si. The Kier molecular flexibility index (Phi) is 15.8. The van der Waals surface area contributed by atoms with Gasteiger partial charge in [-0.05, 0) is 124 Å². The van der Waals surface area contributed by atoms with Gasteiger partial charge in [-0.1, -0.05) is 69.3 Å². The number of carbonyl (C=O) groups is 3. The highest BCUT2D eigenvalue weighted by molar-refractivity contribution is 6.74. The molecule has 0 aliphatic heterocycles. The Labute approximate surface area is 388 Å². The number of nitrogens with zero attached hydrogens (tertiary/aromatic N) is 2. The van der Waals surface area contributed by atoms with Gasteiger partial charge in [-0.3, -0.25) is 19.5 Å². The molecule has 1 fully saturated rings. The number of carboxylic acid groups (broad SMARTS) is 1. The van der Waals surface area contributed by atoms with Crippen LogP contribution in [0.5, 0.6) is 5.75 Å². The van der Waals surface area contributed by atoms with Gasteiger partial charge >= 0.3 is 12.2 Å². The lowest BCUT2D eigenvalue weighted by molar-refractivity contribution is -0.116. The van der Waals surface area contributed by atoms with Gasteiger partial charge in [0.25, 0.3) is 0 Å². The summed E-state index contributed by atoms with van der Waals surface area (Å²) in [6.45, 7) is 17.3. The predicted octanol–water partition coefficient (Wildman–Crippen LogP) is 10.4. The quantitative estimate of drug-likeness (QED) is 0.0519. The molecule has 0 saturated heterocycles. The van der Waals surface area contributed by atoms with Crippen molar-refractivity contribution in [3.63, 3.8) is 0 Å². The molecule has 0 spiro atoms. The van der Waals surface area contributed by atoms with E-state index in [-0.39, 0.29) is 46.9 Å². The number of phenols is 1. The van der Waals surface area contributed by atoms with Crippen molar-refractivity contribution in [1.82, 2.24) is 20.6 Å². The fourth-order valence-corrected chi connectivity index (χ4v) is 9.38. The molecule has 6 N–H and O–H groups in total. The first-order chi connectivity index (χ1) is 31.2. The summed E-state index contributed by atoms with van der Waals surface area (Å²) in [5, 5.41) is 31.3. The summed E-state index contributed by atoms with van der Waals surface area (Å²) in [6, 6.07) is 25.5. The van der Waals surface area contributed by atoms with Gasteiger partial charge in [-0.25, -0.2) is 9.59 Å². The Hall–Kier alpha value is -6.03. The van der Waals surface area contributed by atoms with E-state index in [0.29, 0.717) is 68.5 Å². The number of amides is 3. The maximum absolute atomic E-state index is 13.1. The topological polar surface area (TPSA) is 195 Å². The normalized spacial score (nSPS) is 16.1. The maximum Gasteiger partial charge on any atom is 0.412 e. The average Bonchev–Trinajstić information content (AvgIpc) is 3.24. The number of aryl methyl sites for hydroxylation is 1. The number of hydrogen-bond acceptors (Lipinski definition) is 9. The number of phenolic OH excluding ortho intramolecular Hbond substituents is 1. The molecule has 1 aliphatic rings. The van der Waals surface area contributed by atoms with E-state index < -0.39 is 26.1 Å². The number of nitrogens with one attached hydrogen (secondary N) is 4. The molecule has 3 aromatic carbocycles. The van der Waals surface area contributed by atoms with Crippen LogP contribution in [0.25, 0.3) is 22.0 Å². The van der Waals surface area contributed by atoms with E-state index in [1.807, 2.05) is 87.5 Å². The van der Waals surface area contributed by atoms with Gasteiger partial charge in [0, 0.05) is 48.6 Å². The Morgan fingerprint density at radius 3 is 2.30 bits per heavy atom. The molecule has 0 radical (unpaired) electrons. The number of pyridine rings is 2. The highest BCUT2D eigenvalue weighted by Gasteiger charge is 2.40. The van der Waals surface area contributed by atoms with Crippen molar-refractivity contribution < 1.29 is 33.8 Å². The van der Waals surface area contributed by atoms with Crippen molar-refractivity contribution in [3.8, 4) is 16.9 Å². The number of fused-ring (bicyclic) bond motifs is 1. The van der Waals surface area contributed by atoms with Crippen molar-refractivity contribution in [2.75, 3.05) is 16.8 Å². The van der Waals surface area contributed by atoms with Gasteiger partial charge in [-0.2, -0.15) is 0 Å². The Morgan fingerprint density at radius 2 is 1.65 bits per heavy atom. The van der Waals surface area contributed by atoms with Crippen LogP contribution < -0.4 is 26.4 Å². The number of carbonyl (C=O) groups excluding carboxylic acids is 2. The minimum absolute atomic E-state index is 0.00297. The second-order valence-corrected chi connectivity index (χ2v) is 24.5. The zero-order valence-electron chi connectivity index (χ0n) is 39.5. The van der Waals surface area contributed by atoms with Gasteiger partial charge in [0.15, 0.2) is 8.32 Å². The number of hydrogen-bond donors (Lipinski definition) is 6. The molecule has 1 aliphatic carbocycles. The van der Waals surface area contributed by atoms with E-state index in [2.05, 4.69) is 59.8 Å². The third-order valence-corrected chi connectivity index (χ3v) is 17.0. The average molecular weight is 919 g/mol. The summed E-state index contributed by atoms with van der Waals surface area (Å²) >= 11 is 0. The van der Waals surface area contributed by atoms with E-state index in [0.717, 1.165) is 33.3 Å². The fraction of sp³-hybridized carbons (Fsp3) is 0.431. The van der Waals surface area contributed by atoms with E-state index in [1.165, 1.54) is 11.0 Å². The number of aromatic hydroxyl groups is 1. The molecule has 352 valence electrons. The first kappa shape index (κ1) is 49.4. The lowest BCUT2D eigenvalue weighted by atomic mass is 9.89. The Balaban J connectivity index is 1.06. The number of benzene rings is 3. The standard InChI is InChI=1S/C51H66N6O8Si/c1-50(2,3)64-48(61)55-35-20-22-38(23-21-35)57(49(62)63)42-29-33(17-24-39(42)34-14-10-9-11-15-34)13-12-16-45(59)54-37-19-18-36(53-31-37)30-52-32-44(65-66(7,8)51(4,5)6)40-25-27-43(58)47-41(40)26-28-46(60)56-47/h9-11,14-15,17-19,24-29,31,35,38,44,52,58H,12-13,16,20-23,30,32H2,1-8H3,(H,54,59)(H,55,61)(H,56,60)(H,62,63)/t35-,38-,44-/m0/s1. The molecule has 5 aromatic rings. The number of rotatable bonds is 16. The molecule has 14 nitrogen and oxygen atoms in total. The summed E-state index contributed by atoms with van der Waals surface area (Å²) in [6.07, 6.45) is 3.53. The highest BCUT2D eigenvalue weighted by Crippen LogP contribution is 2.41. The zero-order valence-corrected chi connectivity index (χ0v) is 40.5. The maximum atomic E-state index is 13.1. The fourth-order valence-electron chi connectivity index (χ4n) is 8.10. The van der Waals surface area contributed by atoms with Crippen LogP contribution in [0.3, 0.4) is 0 Å². The second-order valence-electron chi connectivity index (χ2n) is 19.7. The molecule has 0 unspecified atom stereocenters. The summed E-state index contributed by atoms with van der Waals surface area (Å²) in [7, 11) is -2.25. The zero-order chi connectivity index (χ0) is 47.8. The lowest BCUT2D eigenvalue weighted by Crippen LogP contribution is -2.47. The number of alkyl carbamates (subject to hydrolysis) is 1. The predicted molar refractivity (Wildman–Crippen MR) is 263 cm³/mol. The molecule has 2 heterocycles. The molecule has 3 amide bonds. The third-order valence-electron chi connectivity index (χ3n) is 12.5. The molecule has 66 heavy (non-hydrogen) atoms. The number of H-pyrrole nitrogens is 1. The number of anilines is 2. The van der Waals surface area contributed by atoms with Crippen molar-refractivity contribution in [2.45, 2.75) is 135 Å². The Bertz CT molecular complexity index is 2530. The van der Waals surface area contributed by atoms with Crippen molar-refractivity contribution in [3.05, 3.63) is 118 Å². The summed E-state index contributed by atoms with van der Waals surface area (Å²) in [4.78, 5) is 59.6. The largest absolute Gasteiger partial charge is 0.506 e. The van der Waals surface area contributed by atoms with E-state index in [9.17, 15) is 29.4 Å². The van der Waals surface area contributed by atoms with Crippen molar-refractivity contribution >= 4 is 48.7 Å². The third kappa shape index (κ3) is 13.1. The van der Waals surface area contributed by atoms with E-state index >= 15 is 0 Å².